The molecule has 1 amide bonds. The molecule has 3 rings (SSSR count). The lowest BCUT2D eigenvalue weighted by molar-refractivity contribution is -0.0667. The van der Waals surface area contributed by atoms with Gasteiger partial charge < -0.3 is 14.7 Å². The minimum atomic E-state index is -0.367. The lowest BCUT2D eigenvalue weighted by Gasteiger charge is -2.37. The number of morpholine rings is 1. The Bertz CT molecular complexity index is 732. The number of ether oxygens (including phenoxy) is 1. The second-order valence-electron chi connectivity index (χ2n) is 5.94. The standard InChI is InChI=1S/C17H20ClN3O3/c1-11-10-24-14(9-22)8-20(11)17(23)15-12(2)19-21(16(15)18)13-6-4-3-5-7-13/h3-7,11,14,22H,8-10H2,1-2H3. The molecule has 2 aromatic rings. The first-order valence-corrected chi connectivity index (χ1v) is 8.24. The molecule has 0 radical (unpaired) electrons. The molecule has 1 aliphatic heterocycles. The first-order chi connectivity index (χ1) is 11.5. The number of hydrogen-bond donors (Lipinski definition) is 1. The fourth-order valence-corrected chi connectivity index (χ4v) is 3.19. The summed E-state index contributed by atoms with van der Waals surface area (Å²) >= 11 is 6.47. The highest BCUT2D eigenvalue weighted by Gasteiger charge is 2.33. The third-order valence-corrected chi connectivity index (χ3v) is 4.54. The van der Waals surface area contributed by atoms with Crippen LogP contribution in [0.3, 0.4) is 0 Å². The van der Waals surface area contributed by atoms with Gasteiger partial charge in [-0.1, -0.05) is 29.8 Å². The van der Waals surface area contributed by atoms with E-state index >= 15 is 0 Å². The van der Waals surface area contributed by atoms with Crippen LogP contribution in [0.15, 0.2) is 30.3 Å². The van der Waals surface area contributed by atoms with Crippen molar-refractivity contribution in [1.29, 1.82) is 0 Å². The van der Waals surface area contributed by atoms with Crippen molar-refractivity contribution < 1.29 is 14.6 Å². The van der Waals surface area contributed by atoms with Crippen LogP contribution in [-0.2, 0) is 4.74 Å². The van der Waals surface area contributed by atoms with Crippen LogP contribution in [0.1, 0.15) is 23.0 Å². The van der Waals surface area contributed by atoms with Crippen LogP contribution in [-0.4, -0.2) is 57.6 Å². The molecule has 1 aliphatic rings. The lowest BCUT2D eigenvalue weighted by atomic mass is 10.1. The predicted molar refractivity (Wildman–Crippen MR) is 90.6 cm³/mol. The van der Waals surface area contributed by atoms with Gasteiger partial charge in [0.25, 0.3) is 5.91 Å². The molecule has 2 atom stereocenters. The Morgan fingerprint density at radius 3 is 2.79 bits per heavy atom. The number of hydrogen-bond acceptors (Lipinski definition) is 4. The highest BCUT2D eigenvalue weighted by atomic mass is 35.5. The minimum absolute atomic E-state index is 0.0872. The van der Waals surface area contributed by atoms with Crippen LogP contribution in [0.25, 0.3) is 5.69 Å². The normalized spacial score (nSPS) is 21.1. The summed E-state index contributed by atoms with van der Waals surface area (Å²) in [5.41, 5.74) is 1.77. The predicted octanol–water partition coefficient (Wildman–Crippen LogP) is 2.06. The van der Waals surface area contributed by atoms with Gasteiger partial charge in [0, 0.05) is 6.54 Å². The topological polar surface area (TPSA) is 67.6 Å². The van der Waals surface area contributed by atoms with Crippen molar-refractivity contribution in [2.75, 3.05) is 19.8 Å². The lowest BCUT2D eigenvalue weighted by Crippen LogP contribution is -2.52. The summed E-state index contributed by atoms with van der Waals surface area (Å²) in [4.78, 5) is 14.7. The van der Waals surface area contributed by atoms with E-state index in [1.807, 2.05) is 37.3 Å². The van der Waals surface area contributed by atoms with Gasteiger partial charge in [-0.05, 0) is 26.0 Å². The Morgan fingerprint density at radius 2 is 2.12 bits per heavy atom. The molecular formula is C17H20ClN3O3. The number of aryl methyl sites for hydroxylation is 1. The molecule has 7 heteroatoms. The van der Waals surface area contributed by atoms with E-state index in [2.05, 4.69) is 5.10 Å². The Balaban J connectivity index is 1.94. The summed E-state index contributed by atoms with van der Waals surface area (Å²) in [6, 6.07) is 9.36. The first kappa shape index (κ1) is 17.0. The smallest absolute Gasteiger partial charge is 0.259 e. The molecule has 0 saturated carbocycles. The third kappa shape index (κ3) is 3.05. The van der Waals surface area contributed by atoms with Gasteiger partial charge >= 0.3 is 0 Å². The van der Waals surface area contributed by atoms with E-state index in [9.17, 15) is 9.90 Å². The second kappa shape index (κ2) is 6.93. The molecule has 1 fully saturated rings. The van der Waals surface area contributed by atoms with Crippen molar-refractivity contribution >= 4 is 17.5 Å². The van der Waals surface area contributed by atoms with E-state index in [4.69, 9.17) is 16.3 Å². The molecule has 0 spiro atoms. The quantitative estimate of drug-likeness (QED) is 0.921. The third-order valence-electron chi connectivity index (χ3n) is 4.19. The van der Waals surface area contributed by atoms with E-state index < -0.39 is 0 Å². The fourth-order valence-electron chi connectivity index (χ4n) is 2.84. The van der Waals surface area contributed by atoms with Crippen LogP contribution in [0.5, 0.6) is 0 Å². The average Bonchev–Trinajstić information content (AvgIpc) is 2.90. The highest BCUT2D eigenvalue weighted by Crippen LogP contribution is 2.26. The SMILES string of the molecule is Cc1nn(-c2ccccc2)c(Cl)c1C(=O)N1CC(CO)OCC1C. The molecule has 1 saturated heterocycles. The van der Waals surface area contributed by atoms with Crippen molar-refractivity contribution in [2.24, 2.45) is 0 Å². The number of rotatable bonds is 3. The molecule has 0 aliphatic carbocycles. The van der Waals surface area contributed by atoms with E-state index in [1.165, 1.54) is 0 Å². The Kier molecular flexibility index (Phi) is 4.89. The summed E-state index contributed by atoms with van der Waals surface area (Å²) in [6.07, 6.45) is -0.367. The summed E-state index contributed by atoms with van der Waals surface area (Å²) in [7, 11) is 0. The number of para-hydroxylation sites is 1. The molecule has 1 N–H and O–H groups in total. The Labute approximate surface area is 145 Å². The number of carbonyl (C=O) groups is 1. The van der Waals surface area contributed by atoms with E-state index in [1.54, 1.807) is 16.5 Å². The monoisotopic (exact) mass is 349 g/mol. The summed E-state index contributed by atoms with van der Waals surface area (Å²) in [5, 5.41) is 14.0. The maximum Gasteiger partial charge on any atom is 0.259 e. The van der Waals surface area contributed by atoms with E-state index in [-0.39, 0.29) is 24.7 Å². The van der Waals surface area contributed by atoms with Gasteiger partial charge in [0.15, 0.2) is 0 Å². The molecule has 2 unspecified atom stereocenters. The van der Waals surface area contributed by atoms with Gasteiger partial charge in [0.1, 0.15) is 5.15 Å². The molecule has 1 aromatic heterocycles. The zero-order valence-electron chi connectivity index (χ0n) is 13.6. The number of benzene rings is 1. The van der Waals surface area contributed by atoms with Crippen molar-refractivity contribution in [3.63, 3.8) is 0 Å². The number of carbonyl (C=O) groups excluding carboxylic acids is 1. The summed E-state index contributed by atoms with van der Waals surface area (Å²) in [6.45, 7) is 4.29. The van der Waals surface area contributed by atoms with Crippen molar-refractivity contribution in [3.8, 4) is 5.69 Å². The van der Waals surface area contributed by atoms with Crippen LogP contribution in [0.4, 0.5) is 0 Å². The minimum Gasteiger partial charge on any atom is -0.394 e. The molecular weight excluding hydrogens is 330 g/mol. The van der Waals surface area contributed by atoms with Crippen LogP contribution < -0.4 is 0 Å². The largest absolute Gasteiger partial charge is 0.394 e. The van der Waals surface area contributed by atoms with Gasteiger partial charge in [-0.2, -0.15) is 5.10 Å². The molecule has 0 bridgehead atoms. The maximum absolute atomic E-state index is 13.0. The van der Waals surface area contributed by atoms with Gasteiger partial charge in [-0.15, -0.1) is 0 Å². The number of aromatic nitrogens is 2. The maximum atomic E-state index is 13.0. The number of amides is 1. The van der Waals surface area contributed by atoms with Gasteiger partial charge in [0.05, 0.1) is 42.3 Å². The number of nitrogens with zero attached hydrogens (tertiary/aromatic N) is 3. The fraction of sp³-hybridized carbons (Fsp3) is 0.412. The van der Waals surface area contributed by atoms with Gasteiger partial charge in [-0.3, -0.25) is 4.79 Å². The zero-order chi connectivity index (χ0) is 17.3. The van der Waals surface area contributed by atoms with Crippen molar-refractivity contribution in [1.82, 2.24) is 14.7 Å². The molecule has 6 nitrogen and oxygen atoms in total. The van der Waals surface area contributed by atoms with Gasteiger partial charge in [0.2, 0.25) is 0 Å². The average molecular weight is 350 g/mol. The zero-order valence-corrected chi connectivity index (χ0v) is 14.4. The summed E-state index contributed by atoms with van der Waals surface area (Å²) < 4.78 is 7.06. The molecule has 2 heterocycles. The molecule has 128 valence electrons. The Hall–Kier alpha value is -1.89. The summed E-state index contributed by atoms with van der Waals surface area (Å²) in [5.74, 6) is -0.186. The number of aliphatic hydroxyl groups is 1. The van der Waals surface area contributed by atoms with Crippen molar-refractivity contribution in [3.05, 3.63) is 46.7 Å². The van der Waals surface area contributed by atoms with Crippen LogP contribution in [0, 0.1) is 6.92 Å². The second-order valence-corrected chi connectivity index (χ2v) is 6.30. The Morgan fingerprint density at radius 1 is 1.42 bits per heavy atom. The van der Waals surface area contributed by atoms with E-state index in [0.29, 0.717) is 29.6 Å². The highest BCUT2D eigenvalue weighted by molar-refractivity contribution is 6.33. The van der Waals surface area contributed by atoms with Crippen molar-refractivity contribution in [2.45, 2.75) is 26.0 Å². The van der Waals surface area contributed by atoms with Crippen LogP contribution >= 0.6 is 11.6 Å². The molecule has 24 heavy (non-hydrogen) atoms. The van der Waals surface area contributed by atoms with Crippen LogP contribution in [0.2, 0.25) is 5.15 Å². The number of aliphatic hydroxyl groups excluding tert-OH is 1. The number of halogens is 1. The van der Waals surface area contributed by atoms with E-state index in [0.717, 1.165) is 5.69 Å². The molecule has 1 aromatic carbocycles. The van der Waals surface area contributed by atoms with Gasteiger partial charge in [-0.25, -0.2) is 4.68 Å². The first-order valence-electron chi connectivity index (χ1n) is 7.87.